The van der Waals surface area contributed by atoms with E-state index >= 15 is 0 Å². The normalized spacial score (nSPS) is 10.5. The van der Waals surface area contributed by atoms with Crippen LogP contribution >= 0.6 is 0 Å². The number of Topliss-reactive ketones (excluding diaryl/α,β-unsaturated/α-hetero) is 1. The molecular formula is C20H23NO5. The lowest BCUT2D eigenvalue weighted by Gasteiger charge is -2.12. The number of rotatable bonds is 7. The lowest BCUT2D eigenvalue weighted by Crippen LogP contribution is -2.12. The molecule has 0 aromatic heterocycles. The smallest absolute Gasteiger partial charge is 0.338 e. The fraction of sp³-hybridized carbons (Fsp3) is 0.300. The van der Waals surface area contributed by atoms with Crippen LogP contribution in [0.3, 0.4) is 0 Å². The van der Waals surface area contributed by atoms with E-state index in [0.717, 1.165) is 0 Å². The lowest BCUT2D eigenvalue weighted by atomic mass is 10.0. The molecule has 0 fully saturated rings. The fourth-order valence-corrected chi connectivity index (χ4v) is 2.46. The molecular weight excluding hydrogens is 334 g/mol. The first-order valence-corrected chi connectivity index (χ1v) is 8.20. The number of anilines is 1. The van der Waals surface area contributed by atoms with Crippen molar-refractivity contribution in [3.8, 4) is 11.5 Å². The molecule has 2 N–H and O–H groups in total. The van der Waals surface area contributed by atoms with Gasteiger partial charge in [0, 0.05) is 17.5 Å². The van der Waals surface area contributed by atoms with Gasteiger partial charge in [0.25, 0.3) is 0 Å². The average Bonchev–Trinajstić information content (AvgIpc) is 2.61. The van der Waals surface area contributed by atoms with Crippen molar-refractivity contribution in [2.24, 2.45) is 0 Å². The maximum atomic E-state index is 12.6. The van der Waals surface area contributed by atoms with E-state index in [1.54, 1.807) is 50.2 Å². The Bertz CT molecular complexity index is 814. The van der Waals surface area contributed by atoms with Gasteiger partial charge in [-0.2, -0.15) is 0 Å². The van der Waals surface area contributed by atoms with Crippen molar-refractivity contribution >= 4 is 17.4 Å². The van der Waals surface area contributed by atoms with Crippen molar-refractivity contribution in [2.45, 2.75) is 26.4 Å². The number of ether oxygens (including phenoxy) is 3. The quantitative estimate of drug-likeness (QED) is 0.465. The molecule has 0 unspecified atom stereocenters. The number of nitrogen functional groups attached to an aromatic ring is 1. The fourth-order valence-electron chi connectivity index (χ4n) is 2.46. The standard InChI is InChI=1S/C20H23NO5/c1-12(2)26-20(23)15-6-5-14(18(11-15)24-3)9-17(22)13-7-8-16(21)19(10-13)25-4/h5-8,10-12H,9,21H2,1-4H3. The van der Waals surface area contributed by atoms with Gasteiger partial charge in [-0.15, -0.1) is 0 Å². The summed E-state index contributed by atoms with van der Waals surface area (Å²) in [6, 6.07) is 9.80. The van der Waals surface area contributed by atoms with E-state index in [9.17, 15) is 9.59 Å². The van der Waals surface area contributed by atoms with Crippen molar-refractivity contribution in [2.75, 3.05) is 20.0 Å². The Hall–Kier alpha value is -3.02. The SMILES string of the molecule is COc1cc(C(=O)Cc2ccc(C(=O)OC(C)C)cc2OC)ccc1N. The summed E-state index contributed by atoms with van der Waals surface area (Å²) >= 11 is 0. The highest BCUT2D eigenvalue weighted by atomic mass is 16.5. The molecule has 6 nitrogen and oxygen atoms in total. The zero-order valence-corrected chi connectivity index (χ0v) is 15.4. The lowest BCUT2D eigenvalue weighted by molar-refractivity contribution is 0.0377. The highest BCUT2D eigenvalue weighted by Gasteiger charge is 2.16. The van der Waals surface area contributed by atoms with Crippen molar-refractivity contribution in [3.05, 3.63) is 53.1 Å². The third-order valence-corrected chi connectivity index (χ3v) is 3.77. The first-order valence-electron chi connectivity index (χ1n) is 8.20. The second-order valence-electron chi connectivity index (χ2n) is 6.04. The zero-order valence-electron chi connectivity index (χ0n) is 15.4. The highest BCUT2D eigenvalue weighted by Crippen LogP contribution is 2.26. The Balaban J connectivity index is 2.23. The predicted octanol–water partition coefficient (Wildman–Crippen LogP) is 3.28. The van der Waals surface area contributed by atoms with E-state index in [2.05, 4.69) is 0 Å². The molecule has 2 aromatic carbocycles. The summed E-state index contributed by atoms with van der Waals surface area (Å²) in [6.07, 6.45) is -0.0919. The number of ketones is 1. The van der Waals surface area contributed by atoms with Gasteiger partial charge in [0.15, 0.2) is 5.78 Å². The molecule has 2 rings (SSSR count). The molecule has 138 valence electrons. The van der Waals surface area contributed by atoms with Gasteiger partial charge < -0.3 is 19.9 Å². The molecule has 0 radical (unpaired) electrons. The van der Waals surface area contributed by atoms with Gasteiger partial charge in [0.05, 0.1) is 31.6 Å². The van der Waals surface area contributed by atoms with Gasteiger partial charge in [-0.25, -0.2) is 4.79 Å². The van der Waals surface area contributed by atoms with Crippen molar-refractivity contribution in [3.63, 3.8) is 0 Å². The van der Waals surface area contributed by atoms with Crippen LogP contribution in [-0.4, -0.2) is 32.1 Å². The van der Waals surface area contributed by atoms with E-state index in [-0.39, 0.29) is 18.3 Å². The van der Waals surface area contributed by atoms with Crippen LogP contribution < -0.4 is 15.2 Å². The molecule has 0 atom stereocenters. The Labute approximate surface area is 152 Å². The van der Waals surface area contributed by atoms with E-state index in [1.165, 1.54) is 14.2 Å². The van der Waals surface area contributed by atoms with Crippen LogP contribution in [0.25, 0.3) is 0 Å². The minimum Gasteiger partial charge on any atom is -0.496 e. The number of carbonyl (C=O) groups excluding carboxylic acids is 2. The number of nitrogens with two attached hydrogens (primary N) is 1. The monoisotopic (exact) mass is 357 g/mol. The third kappa shape index (κ3) is 4.53. The molecule has 0 saturated carbocycles. The molecule has 0 heterocycles. The number of benzene rings is 2. The minimum atomic E-state index is -0.431. The molecule has 0 bridgehead atoms. The molecule has 26 heavy (non-hydrogen) atoms. The van der Waals surface area contributed by atoms with Crippen LogP contribution in [0, 0.1) is 0 Å². The first kappa shape index (κ1) is 19.3. The summed E-state index contributed by atoms with van der Waals surface area (Å²) in [6.45, 7) is 3.56. The number of esters is 1. The van der Waals surface area contributed by atoms with Crippen molar-refractivity contribution < 1.29 is 23.8 Å². The Morgan fingerprint density at radius 2 is 1.58 bits per heavy atom. The van der Waals surface area contributed by atoms with Crippen LogP contribution in [0.4, 0.5) is 5.69 Å². The molecule has 0 amide bonds. The van der Waals surface area contributed by atoms with E-state index < -0.39 is 5.97 Å². The summed E-state index contributed by atoms with van der Waals surface area (Å²) < 4.78 is 15.7. The summed E-state index contributed by atoms with van der Waals surface area (Å²) in [4.78, 5) is 24.6. The topological polar surface area (TPSA) is 87.9 Å². The number of hydrogen-bond acceptors (Lipinski definition) is 6. The second kappa shape index (κ2) is 8.38. The first-order chi connectivity index (χ1) is 12.3. The second-order valence-corrected chi connectivity index (χ2v) is 6.04. The highest BCUT2D eigenvalue weighted by molar-refractivity contribution is 5.99. The molecule has 6 heteroatoms. The van der Waals surface area contributed by atoms with Crippen LogP contribution in [0.2, 0.25) is 0 Å². The molecule has 0 spiro atoms. The van der Waals surface area contributed by atoms with Gasteiger partial charge in [-0.1, -0.05) is 6.07 Å². The third-order valence-electron chi connectivity index (χ3n) is 3.77. The maximum absolute atomic E-state index is 12.6. The van der Waals surface area contributed by atoms with Crippen LogP contribution in [-0.2, 0) is 11.2 Å². The van der Waals surface area contributed by atoms with Gasteiger partial charge in [-0.05, 0) is 44.2 Å². The van der Waals surface area contributed by atoms with Gasteiger partial charge in [-0.3, -0.25) is 4.79 Å². The Kier molecular flexibility index (Phi) is 6.22. The van der Waals surface area contributed by atoms with E-state index in [4.69, 9.17) is 19.9 Å². The van der Waals surface area contributed by atoms with Crippen LogP contribution in [0.1, 0.15) is 40.1 Å². The molecule has 0 aliphatic heterocycles. The van der Waals surface area contributed by atoms with E-state index in [0.29, 0.717) is 33.9 Å². The minimum absolute atomic E-state index is 0.112. The van der Waals surface area contributed by atoms with Crippen LogP contribution in [0.15, 0.2) is 36.4 Å². The van der Waals surface area contributed by atoms with Crippen molar-refractivity contribution in [1.82, 2.24) is 0 Å². The largest absolute Gasteiger partial charge is 0.496 e. The van der Waals surface area contributed by atoms with Gasteiger partial charge >= 0.3 is 5.97 Å². The van der Waals surface area contributed by atoms with Crippen molar-refractivity contribution in [1.29, 1.82) is 0 Å². The van der Waals surface area contributed by atoms with E-state index in [1.807, 2.05) is 0 Å². The Morgan fingerprint density at radius 3 is 2.19 bits per heavy atom. The average molecular weight is 357 g/mol. The van der Waals surface area contributed by atoms with Gasteiger partial charge in [0.2, 0.25) is 0 Å². The number of carbonyl (C=O) groups is 2. The number of hydrogen-bond donors (Lipinski definition) is 1. The molecule has 0 aliphatic rings. The summed E-state index contributed by atoms with van der Waals surface area (Å²) in [5.74, 6) is 0.368. The van der Waals surface area contributed by atoms with Crippen LogP contribution in [0.5, 0.6) is 11.5 Å². The zero-order chi connectivity index (χ0) is 19.3. The summed E-state index contributed by atoms with van der Waals surface area (Å²) in [7, 11) is 2.99. The Morgan fingerprint density at radius 1 is 0.962 bits per heavy atom. The maximum Gasteiger partial charge on any atom is 0.338 e. The number of methoxy groups -OCH3 is 2. The molecule has 0 saturated heterocycles. The summed E-state index contributed by atoms with van der Waals surface area (Å²) in [5, 5.41) is 0. The summed E-state index contributed by atoms with van der Waals surface area (Å²) in [5.41, 5.74) is 7.78. The molecule has 2 aromatic rings. The molecule has 0 aliphatic carbocycles. The van der Waals surface area contributed by atoms with Gasteiger partial charge in [0.1, 0.15) is 11.5 Å². The predicted molar refractivity (Wildman–Crippen MR) is 99.0 cm³/mol.